The minimum atomic E-state index is -0.624. The van der Waals surface area contributed by atoms with Crippen molar-refractivity contribution >= 4 is 5.97 Å². The average molecular weight is 269 g/mol. The predicted octanol–water partition coefficient (Wildman–Crippen LogP) is 2.38. The lowest BCUT2D eigenvalue weighted by atomic mass is 9.77. The second kappa shape index (κ2) is 5.80. The predicted molar refractivity (Wildman–Crippen MR) is 74.1 cm³/mol. The molecule has 4 unspecified atom stereocenters. The number of hydrogen-bond donors (Lipinski definition) is 1. The van der Waals surface area contributed by atoms with Gasteiger partial charge in [0.2, 0.25) is 0 Å². The molecule has 4 nitrogen and oxygen atoms in total. The molecule has 2 rings (SSSR count). The van der Waals surface area contributed by atoms with Crippen molar-refractivity contribution in [1.82, 2.24) is 4.90 Å². The Kier molecular flexibility index (Phi) is 4.51. The lowest BCUT2D eigenvalue weighted by Gasteiger charge is -2.47. The Morgan fingerprint density at radius 2 is 2.16 bits per heavy atom. The van der Waals surface area contributed by atoms with E-state index in [4.69, 9.17) is 4.74 Å². The van der Waals surface area contributed by atoms with E-state index in [-0.39, 0.29) is 17.6 Å². The van der Waals surface area contributed by atoms with Gasteiger partial charge in [-0.05, 0) is 51.5 Å². The van der Waals surface area contributed by atoms with E-state index >= 15 is 0 Å². The Balaban J connectivity index is 2.10. The Bertz CT molecular complexity index is 333. The second-order valence-electron chi connectivity index (χ2n) is 6.66. The van der Waals surface area contributed by atoms with Gasteiger partial charge in [0.1, 0.15) is 0 Å². The number of rotatable bonds is 3. The molecule has 4 heteroatoms. The first-order valence-corrected chi connectivity index (χ1v) is 7.47. The minimum Gasteiger partial charge on any atom is -0.481 e. The number of carboxylic acid groups (broad SMARTS) is 1. The molecule has 0 amide bonds. The van der Waals surface area contributed by atoms with Gasteiger partial charge in [-0.1, -0.05) is 6.92 Å². The first-order chi connectivity index (χ1) is 8.95. The zero-order valence-electron chi connectivity index (χ0n) is 12.4. The van der Waals surface area contributed by atoms with Gasteiger partial charge >= 0.3 is 5.97 Å². The highest BCUT2D eigenvalue weighted by molar-refractivity contribution is 5.71. The van der Waals surface area contributed by atoms with E-state index in [1.807, 2.05) is 0 Å². The normalized spacial score (nSPS) is 41.1. The highest BCUT2D eigenvalue weighted by Gasteiger charge is 2.41. The highest BCUT2D eigenvalue weighted by atomic mass is 16.5. The van der Waals surface area contributed by atoms with Crippen LogP contribution in [0.5, 0.6) is 0 Å². The van der Waals surface area contributed by atoms with Crippen LogP contribution in [0.4, 0.5) is 0 Å². The van der Waals surface area contributed by atoms with E-state index in [0.717, 1.165) is 45.2 Å². The van der Waals surface area contributed by atoms with Gasteiger partial charge < -0.3 is 9.84 Å². The molecule has 0 aromatic rings. The van der Waals surface area contributed by atoms with Crippen molar-refractivity contribution in [3.05, 3.63) is 0 Å². The fourth-order valence-electron chi connectivity index (χ4n) is 3.74. The molecule has 2 aliphatic rings. The summed E-state index contributed by atoms with van der Waals surface area (Å²) in [7, 11) is 1.77. The van der Waals surface area contributed by atoms with Crippen LogP contribution in [0, 0.1) is 11.8 Å². The third-order valence-electron chi connectivity index (χ3n) is 5.05. The van der Waals surface area contributed by atoms with Gasteiger partial charge in [0.15, 0.2) is 0 Å². The van der Waals surface area contributed by atoms with E-state index in [1.165, 1.54) is 0 Å². The van der Waals surface area contributed by atoms with E-state index in [9.17, 15) is 9.90 Å². The third-order valence-corrected chi connectivity index (χ3v) is 5.05. The molecule has 1 N–H and O–H groups in total. The molecule has 2 fully saturated rings. The van der Waals surface area contributed by atoms with Gasteiger partial charge in [-0.3, -0.25) is 9.69 Å². The van der Waals surface area contributed by atoms with Crippen LogP contribution >= 0.6 is 0 Å². The molecule has 0 bridgehead atoms. The summed E-state index contributed by atoms with van der Waals surface area (Å²) in [5.41, 5.74) is -0.109. The van der Waals surface area contributed by atoms with Gasteiger partial charge in [0.05, 0.1) is 11.5 Å². The van der Waals surface area contributed by atoms with Crippen molar-refractivity contribution in [2.45, 2.75) is 57.6 Å². The van der Waals surface area contributed by atoms with Crippen LogP contribution in [0.25, 0.3) is 0 Å². The van der Waals surface area contributed by atoms with E-state index in [2.05, 4.69) is 18.7 Å². The van der Waals surface area contributed by atoms with Crippen LogP contribution in [-0.4, -0.2) is 47.8 Å². The summed E-state index contributed by atoms with van der Waals surface area (Å²) in [6.45, 7) is 6.26. The fraction of sp³-hybridized carbons (Fsp3) is 0.933. The average Bonchev–Trinajstić information content (AvgIpc) is 2.38. The standard InChI is InChI=1S/C15H27NO3/c1-11-5-6-12(14(17)18)13(9-11)16-8-4-7-15(2,10-16)19-3/h11-13H,4-10H2,1-3H3,(H,17,18). The molecular weight excluding hydrogens is 242 g/mol. The molecule has 0 aromatic carbocycles. The van der Waals surface area contributed by atoms with Crippen LogP contribution in [-0.2, 0) is 9.53 Å². The maximum Gasteiger partial charge on any atom is 0.308 e. The molecule has 1 heterocycles. The maximum atomic E-state index is 11.5. The van der Waals surface area contributed by atoms with Crippen LogP contribution in [0.1, 0.15) is 46.0 Å². The second-order valence-corrected chi connectivity index (χ2v) is 6.66. The summed E-state index contributed by atoms with van der Waals surface area (Å²) in [4.78, 5) is 13.9. The third kappa shape index (κ3) is 3.29. The molecule has 1 aliphatic heterocycles. The first kappa shape index (κ1) is 14.8. The summed E-state index contributed by atoms with van der Waals surface area (Å²) in [6, 6.07) is 0.191. The lowest BCUT2D eigenvalue weighted by molar-refractivity contribution is -0.148. The van der Waals surface area contributed by atoms with E-state index in [1.54, 1.807) is 7.11 Å². The molecule has 110 valence electrons. The number of carboxylic acids is 1. The van der Waals surface area contributed by atoms with Crippen molar-refractivity contribution in [2.24, 2.45) is 11.8 Å². The highest BCUT2D eigenvalue weighted by Crippen LogP contribution is 2.35. The summed E-state index contributed by atoms with van der Waals surface area (Å²) >= 11 is 0. The number of hydrogen-bond acceptors (Lipinski definition) is 3. The molecule has 1 aliphatic carbocycles. The van der Waals surface area contributed by atoms with E-state index in [0.29, 0.717) is 5.92 Å². The van der Waals surface area contributed by atoms with Crippen molar-refractivity contribution in [3.63, 3.8) is 0 Å². The van der Waals surface area contributed by atoms with Gasteiger partial charge in [0, 0.05) is 19.7 Å². The number of ether oxygens (including phenoxy) is 1. The van der Waals surface area contributed by atoms with Gasteiger partial charge in [0.25, 0.3) is 0 Å². The zero-order chi connectivity index (χ0) is 14.0. The smallest absolute Gasteiger partial charge is 0.308 e. The zero-order valence-corrected chi connectivity index (χ0v) is 12.4. The SMILES string of the molecule is COC1(C)CCCN(C2CC(C)CCC2C(=O)O)C1. The van der Waals surface area contributed by atoms with Gasteiger partial charge in [-0.25, -0.2) is 0 Å². The lowest BCUT2D eigenvalue weighted by Crippen LogP contribution is -2.55. The topological polar surface area (TPSA) is 49.8 Å². The van der Waals surface area contributed by atoms with Crippen molar-refractivity contribution in [2.75, 3.05) is 20.2 Å². The van der Waals surface area contributed by atoms with Crippen LogP contribution in [0.3, 0.4) is 0 Å². The number of nitrogens with zero attached hydrogens (tertiary/aromatic N) is 1. The van der Waals surface area contributed by atoms with Gasteiger partial charge in [-0.2, -0.15) is 0 Å². The molecule has 1 saturated carbocycles. The number of likely N-dealkylation sites (tertiary alicyclic amines) is 1. The summed E-state index contributed by atoms with van der Waals surface area (Å²) in [5, 5.41) is 9.45. The van der Waals surface area contributed by atoms with Crippen LogP contribution in [0.15, 0.2) is 0 Å². The van der Waals surface area contributed by atoms with Crippen molar-refractivity contribution < 1.29 is 14.6 Å². The summed E-state index contributed by atoms with van der Waals surface area (Å²) in [5.74, 6) is -0.187. The summed E-state index contributed by atoms with van der Waals surface area (Å²) < 4.78 is 5.63. The largest absolute Gasteiger partial charge is 0.481 e. The number of carbonyl (C=O) groups is 1. The van der Waals surface area contributed by atoms with Gasteiger partial charge in [-0.15, -0.1) is 0 Å². The Labute approximate surface area is 116 Å². The minimum absolute atomic E-state index is 0.109. The van der Waals surface area contributed by atoms with E-state index < -0.39 is 5.97 Å². The molecule has 0 radical (unpaired) electrons. The molecule has 0 spiro atoms. The van der Waals surface area contributed by atoms with Crippen LogP contribution < -0.4 is 0 Å². The number of methoxy groups -OCH3 is 1. The Morgan fingerprint density at radius 3 is 2.79 bits per heavy atom. The first-order valence-electron chi connectivity index (χ1n) is 7.47. The maximum absolute atomic E-state index is 11.5. The molecule has 19 heavy (non-hydrogen) atoms. The summed E-state index contributed by atoms with van der Waals surface area (Å²) in [6.07, 6.45) is 5.04. The fourth-order valence-corrected chi connectivity index (χ4v) is 3.74. The number of aliphatic carboxylic acids is 1. The van der Waals surface area contributed by atoms with Crippen molar-refractivity contribution in [1.29, 1.82) is 0 Å². The number of piperidine rings is 1. The Hall–Kier alpha value is -0.610. The molecule has 0 aromatic heterocycles. The molecule has 1 saturated heterocycles. The molecule has 4 atom stereocenters. The molecular formula is C15H27NO3. The quantitative estimate of drug-likeness (QED) is 0.854. The Morgan fingerprint density at radius 1 is 1.42 bits per heavy atom. The monoisotopic (exact) mass is 269 g/mol. The van der Waals surface area contributed by atoms with Crippen molar-refractivity contribution in [3.8, 4) is 0 Å². The van der Waals surface area contributed by atoms with Crippen LogP contribution in [0.2, 0.25) is 0 Å².